The second kappa shape index (κ2) is 7.56. The van der Waals surface area contributed by atoms with Gasteiger partial charge in [-0.1, -0.05) is 13.8 Å². The minimum atomic E-state index is -0.906. The number of rotatable bonds is 6. The summed E-state index contributed by atoms with van der Waals surface area (Å²) in [5.74, 6) is 2.82. The van der Waals surface area contributed by atoms with Gasteiger partial charge in [-0.15, -0.1) is 10.2 Å². The summed E-state index contributed by atoms with van der Waals surface area (Å²) >= 11 is 0. The Kier molecular flexibility index (Phi) is 5.36. The minimum absolute atomic E-state index is 0.150. The van der Waals surface area contributed by atoms with Crippen LogP contribution in [0, 0.1) is 0 Å². The Balaban J connectivity index is 1.83. The fourth-order valence-corrected chi connectivity index (χ4v) is 3.27. The van der Waals surface area contributed by atoms with Gasteiger partial charge < -0.3 is 19.5 Å². The van der Waals surface area contributed by atoms with E-state index in [-0.39, 0.29) is 18.4 Å². The summed E-state index contributed by atoms with van der Waals surface area (Å²) in [7, 11) is 3.19. The van der Waals surface area contributed by atoms with E-state index in [1.807, 2.05) is 37.5 Å². The number of carbonyl (C=O) groups excluding carboxylic acids is 1. The van der Waals surface area contributed by atoms with Crippen LogP contribution in [0.4, 0.5) is 0 Å². The van der Waals surface area contributed by atoms with Crippen LogP contribution in [0.1, 0.15) is 43.9 Å². The first kappa shape index (κ1) is 19.2. The number of hydrogen-bond donors (Lipinski definition) is 1. The molecule has 1 N–H and O–H groups in total. The van der Waals surface area contributed by atoms with Crippen LogP contribution < -0.4 is 14.8 Å². The van der Waals surface area contributed by atoms with E-state index in [1.54, 1.807) is 20.3 Å². The molecule has 27 heavy (non-hydrogen) atoms. The molecular formula is C19H26N4O4. The van der Waals surface area contributed by atoms with Crippen molar-refractivity contribution in [2.45, 2.75) is 45.4 Å². The van der Waals surface area contributed by atoms with Gasteiger partial charge in [0.05, 0.1) is 20.8 Å². The zero-order chi connectivity index (χ0) is 19.6. The number of carbonyl (C=O) groups is 1. The summed E-state index contributed by atoms with van der Waals surface area (Å²) in [6.07, 6.45) is 0. The molecule has 1 aliphatic heterocycles. The Labute approximate surface area is 158 Å². The summed E-state index contributed by atoms with van der Waals surface area (Å²) in [5.41, 5.74) is -0.0452. The molecule has 1 aromatic heterocycles. The second-order valence-corrected chi connectivity index (χ2v) is 7.09. The predicted molar refractivity (Wildman–Crippen MR) is 98.8 cm³/mol. The van der Waals surface area contributed by atoms with E-state index < -0.39 is 5.54 Å². The second-order valence-electron chi connectivity index (χ2n) is 7.09. The maximum Gasteiger partial charge on any atom is 0.248 e. The highest BCUT2D eigenvalue weighted by molar-refractivity contribution is 5.84. The van der Waals surface area contributed by atoms with E-state index in [0.717, 1.165) is 11.4 Å². The van der Waals surface area contributed by atoms with Crippen molar-refractivity contribution in [1.82, 2.24) is 20.1 Å². The highest BCUT2D eigenvalue weighted by Gasteiger charge is 2.42. The number of fused-ring (bicyclic) bond motifs is 1. The highest BCUT2D eigenvalue weighted by atomic mass is 16.5. The number of aromatic nitrogens is 3. The Morgan fingerprint density at radius 1 is 1.33 bits per heavy atom. The standard InChI is InChI=1S/C19H26N4O4/c1-12(2)17-22-21-16-10-27-11-19(3,23(16)17)18(24)20-9-13-6-7-14(25-4)8-15(13)26-5/h6-8,12H,9-11H2,1-5H3,(H,20,24). The van der Waals surface area contributed by atoms with Crippen LogP contribution >= 0.6 is 0 Å². The normalized spacial score (nSPS) is 18.9. The van der Waals surface area contributed by atoms with E-state index >= 15 is 0 Å². The monoisotopic (exact) mass is 374 g/mol. The molecule has 0 saturated heterocycles. The number of methoxy groups -OCH3 is 2. The van der Waals surface area contributed by atoms with Crippen molar-refractivity contribution in [2.24, 2.45) is 0 Å². The molecule has 8 nitrogen and oxygen atoms in total. The third-order valence-electron chi connectivity index (χ3n) is 4.80. The first-order valence-corrected chi connectivity index (χ1v) is 8.92. The summed E-state index contributed by atoms with van der Waals surface area (Å²) in [6.45, 7) is 6.88. The van der Waals surface area contributed by atoms with Crippen LogP contribution in [-0.4, -0.2) is 41.5 Å². The number of amides is 1. The minimum Gasteiger partial charge on any atom is -0.497 e. The van der Waals surface area contributed by atoms with Gasteiger partial charge in [0.1, 0.15) is 29.5 Å². The van der Waals surface area contributed by atoms with Gasteiger partial charge in [-0.25, -0.2) is 0 Å². The molecular weight excluding hydrogens is 348 g/mol. The lowest BCUT2D eigenvalue weighted by atomic mass is 9.98. The lowest BCUT2D eigenvalue weighted by Gasteiger charge is -2.35. The largest absolute Gasteiger partial charge is 0.497 e. The van der Waals surface area contributed by atoms with Crippen LogP contribution in [0.25, 0.3) is 0 Å². The van der Waals surface area contributed by atoms with Crippen molar-refractivity contribution in [1.29, 1.82) is 0 Å². The zero-order valence-electron chi connectivity index (χ0n) is 16.4. The molecule has 146 valence electrons. The van der Waals surface area contributed by atoms with E-state index in [4.69, 9.17) is 14.2 Å². The fourth-order valence-electron chi connectivity index (χ4n) is 3.27. The van der Waals surface area contributed by atoms with Gasteiger partial charge in [0.25, 0.3) is 0 Å². The number of nitrogens with zero attached hydrogens (tertiary/aromatic N) is 3. The maximum absolute atomic E-state index is 13.1. The molecule has 0 aliphatic carbocycles. The highest BCUT2D eigenvalue weighted by Crippen LogP contribution is 2.30. The van der Waals surface area contributed by atoms with Crippen molar-refractivity contribution in [2.75, 3.05) is 20.8 Å². The van der Waals surface area contributed by atoms with Crippen LogP contribution in [-0.2, 0) is 28.2 Å². The van der Waals surface area contributed by atoms with Gasteiger partial charge in [0.2, 0.25) is 5.91 Å². The average Bonchev–Trinajstić information content (AvgIpc) is 3.12. The summed E-state index contributed by atoms with van der Waals surface area (Å²) in [6, 6.07) is 5.51. The molecule has 1 atom stereocenters. The maximum atomic E-state index is 13.1. The molecule has 8 heteroatoms. The average molecular weight is 374 g/mol. The molecule has 1 amide bonds. The Morgan fingerprint density at radius 2 is 2.11 bits per heavy atom. The molecule has 2 heterocycles. The number of nitrogens with one attached hydrogen (secondary N) is 1. The van der Waals surface area contributed by atoms with Crippen LogP contribution in [0.15, 0.2) is 18.2 Å². The Morgan fingerprint density at radius 3 is 2.78 bits per heavy atom. The molecule has 0 spiro atoms. The fraction of sp³-hybridized carbons (Fsp3) is 0.526. The molecule has 1 unspecified atom stereocenters. The summed E-state index contributed by atoms with van der Waals surface area (Å²) < 4.78 is 18.2. The molecule has 1 aliphatic rings. The SMILES string of the molecule is COc1ccc(CNC(=O)C2(C)COCc3nnc(C(C)C)n32)c(OC)c1. The number of ether oxygens (including phenoxy) is 3. The van der Waals surface area contributed by atoms with Crippen LogP contribution in [0.2, 0.25) is 0 Å². The van der Waals surface area contributed by atoms with E-state index in [1.165, 1.54) is 0 Å². The van der Waals surface area contributed by atoms with E-state index in [0.29, 0.717) is 30.5 Å². The van der Waals surface area contributed by atoms with Gasteiger partial charge in [-0.05, 0) is 19.1 Å². The lowest BCUT2D eigenvalue weighted by Crippen LogP contribution is -2.53. The first-order valence-electron chi connectivity index (χ1n) is 8.92. The van der Waals surface area contributed by atoms with Crippen molar-refractivity contribution in [3.8, 4) is 11.5 Å². The van der Waals surface area contributed by atoms with Crippen molar-refractivity contribution in [3.63, 3.8) is 0 Å². The molecule has 0 saturated carbocycles. The Hall–Kier alpha value is -2.61. The Bertz CT molecular complexity index is 833. The first-order chi connectivity index (χ1) is 12.9. The quantitative estimate of drug-likeness (QED) is 0.832. The molecule has 2 aromatic rings. The summed E-state index contributed by atoms with van der Waals surface area (Å²) in [4.78, 5) is 13.1. The number of benzene rings is 1. The topological polar surface area (TPSA) is 87.5 Å². The smallest absolute Gasteiger partial charge is 0.248 e. The van der Waals surface area contributed by atoms with Crippen molar-refractivity contribution < 1.29 is 19.0 Å². The van der Waals surface area contributed by atoms with E-state index in [9.17, 15) is 4.79 Å². The van der Waals surface area contributed by atoms with Gasteiger partial charge in [0, 0.05) is 24.1 Å². The number of hydrogen-bond acceptors (Lipinski definition) is 6. The predicted octanol–water partition coefficient (Wildman–Crippen LogP) is 1.98. The lowest BCUT2D eigenvalue weighted by molar-refractivity contribution is -0.135. The molecule has 0 fully saturated rings. The van der Waals surface area contributed by atoms with Crippen LogP contribution in [0.5, 0.6) is 11.5 Å². The molecule has 3 rings (SSSR count). The third kappa shape index (κ3) is 3.49. The third-order valence-corrected chi connectivity index (χ3v) is 4.80. The van der Waals surface area contributed by atoms with Gasteiger partial charge in [-0.2, -0.15) is 0 Å². The molecule has 0 bridgehead atoms. The van der Waals surface area contributed by atoms with Crippen molar-refractivity contribution >= 4 is 5.91 Å². The van der Waals surface area contributed by atoms with Gasteiger partial charge in [-0.3, -0.25) is 9.36 Å². The van der Waals surface area contributed by atoms with Crippen molar-refractivity contribution in [3.05, 3.63) is 35.4 Å². The van der Waals surface area contributed by atoms with Gasteiger partial charge >= 0.3 is 0 Å². The van der Waals surface area contributed by atoms with Gasteiger partial charge in [0.15, 0.2) is 5.82 Å². The summed E-state index contributed by atoms with van der Waals surface area (Å²) in [5, 5.41) is 11.5. The molecule has 0 radical (unpaired) electrons. The molecule has 1 aromatic carbocycles. The van der Waals surface area contributed by atoms with Crippen LogP contribution in [0.3, 0.4) is 0 Å². The van der Waals surface area contributed by atoms with E-state index in [2.05, 4.69) is 15.5 Å². The zero-order valence-corrected chi connectivity index (χ0v) is 16.4.